The molecule has 0 saturated carbocycles. The van der Waals surface area contributed by atoms with Gasteiger partial charge in [-0.3, -0.25) is 0 Å². The zero-order chi connectivity index (χ0) is 9.46. The lowest BCUT2D eigenvalue weighted by atomic mass is 9.75. The van der Waals surface area contributed by atoms with Crippen molar-refractivity contribution in [3.05, 3.63) is 12.3 Å². The van der Waals surface area contributed by atoms with Gasteiger partial charge in [-0.15, -0.1) is 0 Å². The van der Waals surface area contributed by atoms with E-state index >= 15 is 0 Å². The maximum atomic E-state index is 4.14. The Labute approximate surface area is 76.5 Å². The highest BCUT2D eigenvalue weighted by molar-refractivity contribution is 5.06. The average molecular weight is 167 g/mol. The highest BCUT2D eigenvalue weighted by Crippen LogP contribution is 2.36. The maximum Gasteiger partial charge on any atom is 0.0283 e. The zero-order valence-corrected chi connectivity index (χ0v) is 8.96. The Bertz CT molecular complexity index is 167. The zero-order valence-electron chi connectivity index (χ0n) is 8.96. The molecule has 0 bridgehead atoms. The van der Waals surface area contributed by atoms with E-state index in [0.717, 1.165) is 11.8 Å². The Morgan fingerprint density at radius 1 is 1.08 bits per heavy atom. The molecular weight excluding hydrogens is 146 g/mol. The van der Waals surface area contributed by atoms with Crippen molar-refractivity contribution in [1.29, 1.82) is 0 Å². The Morgan fingerprint density at radius 2 is 1.58 bits per heavy atom. The molecule has 1 heteroatoms. The first-order valence-electron chi connectivity index (χ1n) is 4.88. The average Bonchev–Trinajstić information content (AvgIpc) is 2.08. The lowest BCUT2D eigenvalue weighted by molar-refractivity contribution is 0.102. The second kappa shape index (κ2) is 3.12. The summed E-state index contributed by atoms with van der Waals surface area (Å²) < 4.78 is 0. The van der Waals surface area contributed by atoms with Crippen molar-refractivity contribution < 1.29 is 0 Å². The molecule has 4 atom stereocenters. The van der Waals surface area contributed by atoms with Gasteiger partial charge in [0.05, 0.1) is 0 Å². The molecule has 12 heavy (non-hydrogen) atoms. The van der Waals surface area contributed by atoms with Crippen LogP contribution in [0.2, 0.25) is 0 Å². The number of hydrogen-bond donors (Lipinski definition) is 0. The Balaban J connectivity index is 2.83. The van der Waals surface area contributed by atoms with E-state index in [2.05, 4.69) is 46.2 Å². The third-order valence-corrected chi connectivity index (χ3v) is 3.97. The lowest BCUT2D eigenvalue weighted by Gasteiger charge is -2.46. The number of allylic oxidation sites excluding steroid dienone is 1. The van der Waals surface area contributed by atoms with Gasteiger partial charge in [-0.05, 0) is 24.7 Å². The first-order chi connectivity index (χ1) is 5.46. The van der Waals surface area contributed by atoms with Crippen molar-refractivity contribution in [3.8, 4) is 0 Å². The van der Waals surface area contributed by atoms with Gasteiger partial charge < -0.3 is 4.90 Å². The second-order valence-electron chi connectivity index (χ2n) is 4.35. The van der Waals surface area contributed by atoms with Crippen LogP contribution < -0.4 is 0 Å². The van der Waals surface area contributed by atoms with Crippen molar-refractivity contribution in [1.82, 2.24) is 4.90 Å². The van der Waals surface area contributed by atoms with Gasteiger partial charge in [-0.2, -0.15) is 0 Å². The molecule has 1 fully saturated rings. The minimum absolute atomic E-state index is 0.640. The molecule has 70 valence electrons. The fraction of sp³-hybridized carbons (Fsp3) is 0.818. The molecule has 0 aromatic rings. The molecular formula is C11H21N. The van der Waals surface area contributed by atoms with Crippen LogP contribution in [0.4, 0.5) is 0 Å². The van der Waals surface area contributed by atoms with Crippen LogP contribution in [0.25, 0.3) is 0 Å². The van der Waals surface area contributed by atoms with Gasteiger partial charge in [0.15, 0.2) is 0 Å². The van der Waals surface area contributed by atoms with Crippen molar-refractivity contribution in [2.45, 2.75) is 33.7 Å². The van der Waals surface area contributed by atoms with Crippen LogP contribution in [-0.4, -0.2) is 18.0 Å². The fourth-order valence-electron chi connectivity index (χ4n) is 2.13. The molecule has 0 amide bonds. The molecule has 1 nitrogen and oxygen atoms in total. The van der Waals surface area contributed by atoms with Crippen LogP contribution >= 0.6 is 0 Å². The Kier molecular flexibility index (Phi) is 2.50. The SMILES string of the molecule is C=C1[C@@H](C)C(C)[C@@H](C)C(C)N1C. The van der Waals surface area contributed by atoms with Crippen molar-refractivity contribution >= 4 is 0 Å². The summed E-state index contributed by atoms with van der Waals surface area (Å²) in [6.45, 7) is 13.4. The number of likely N-dealkylation sites (tertiary alicyclic amines) is 1. The molecule has 0 aromatic heterocycles. The molecule has 1 saturated heterocycles. The standard InChI is InChI=1S/C11H21N/c1-7-8(2)10(4)12(6)11(5)9(7)3/h7-9,11H,4H2,1-3,5-6H3/t7?,8-,9+,11?/m0/s1. The van der Waals surface area contributed by atoms with E-state index in [-0.39, 0.29) is 0 Å². The van der Waals surface area contributed by atoms with E-state index < -0.39 is 0 Å². The molecule has 0 N–H and O–H groups in total. The number of rotatable bonds is 0. The van der Waals surface area contributed by atoms with Gasteiger partial charge in [0, 0.05) is 18.8 Å². The van der Waals surface area contributed by atoms with Gasteiger partial charge >= 0.3 is 0 Å². The molecule has 1 aliphatic rings. The quantitative estimate of drug-likeness (QED) is 0.536. The number of piperidine rings is 1. The normalized spacial score (nSPS) is 43.4. The molecule has 0 aliphatic carbocycles. The third-order valence-electron chi connectivity index (χ3n) is 3.97. The summed E-state index contributed by atoms with van der Waals surface area (Å²) in [5.74, 6) is 2.18. The van der Waals surface area contributed by atoms with Gasteiger partial charge in [0.25, 0.3) is 0 Å². The van der Waals surface area contributed by atoms with Crippen LogP contribution in [0, 0.1) is 17.8 Å². The Hall–Kier alpha value is -0.460. The lowest BCUT2D eigenvalue weighted by Crippen LogP contribution is -2.45. The minimum Gasteiger partial charge on any atom is -0.375 e. The van der Waals surface area contributed by atoms with Gasteiger partial charge in [-0.25, -0.2) is 0 Å². The van der Waals surface area contributed by atoms with E-state index in [1.165, 1.54) is 5.70 Å². The fourth-order valence-corrected chi connectivity index (χ4v) is 2.13. The smallest absolute Gasteiger partial charge is 0.0283 e. The summed E-state index contributed by atoms with van der Waals surface area (Å²) in [5, 5.41) is 0. The number of hydrogen-bond acceptors (Lipinski definition) is 1. The topological polar surface area (TPSA) is 3.24 Å². The van der Waals surface area contributed by atoms with Gasteiger partial charge in [0.1, 0.15) is 0 Å². The summed E-state index contributed by atoms with van der Waals surface area (Å²) in [4.78, 5) is 2.33. The van der Waals surface area contributed by atoms with Crippen molar-refractivity contribution in [2.75, 3.05) is 7.05 Å². The van der Waals surface area contributed by atoms with Crippen molar-refractivity contribution in [3.63, 3.8) is 0 Å². The molecule has 0 radical (unpaired) electrons. The van der Waals surface area contributed by atoms with Crippen LogP contribution in [0.1, 0.15) is 27.7 Å². The first kappa shape index (κ1) is 9.63. The molecule has 0 spiro atoms. The largest absolute Gasteiger partial charge is 0.375 e. The molecule has 2 unspecified atom stereocenters. The van der Waals surface area contributed by atoms with E-state index in [4.69, 9.17) is 0 Å². The first-order valence-corrected chi connectivity index (χ1v) is 4.88. The monoisotopic (exact) mass is 167 g/mol. The Morgan fingerprint density at radius 3 is 2.08 bits per heavy atom. The summed E-state index contributed by atoms with van der Waals surface area (Å²) >= 11 is 0. The minimum atomic E-state index is 0.640. The molecule has 0 aromatic carbocycles. The highest BCUT2D eigenvalue weighted by atomic mass is 15.2. The van der Waals surface area contributed by atoms with Crippen LogP contribution in [0.15, 0.2) is 12.3 Å². The molecule has 1 aliphatic heterocycles. The summed E-state index contributed by atoms with van der Waals surface area (Å²) in [6.07, 6.45) is 0. The predicted octanol–water partition coefficient (Wildman–Crippen LogP) is 2.74. The molecule has 1 rings (SSSR count). The summed E-state index contributed by atoms with van der Waals surface area (Å²) in [6, 6.07) is 0.642. The second-order valence-corrected chi connectivity index (χ2v) is 4.35. The third kappa shape index (κ3) is 1.26. The summed E-state index contributed by atoms with van der Waals surface area (Å²) in [7, 11) is 2.16. The van der Waals surface area contributed by atoms with Crippen molar-refractivity contribution in [2.24, 2.45) is 17.8 Å². The van der Waals surface area contributed by atoms with E-state index in [1.54, 1.807) is 0 Å². The maximum absolute atomic E-state index is 4.14. The predicted molar refractivity (Wildman–Crippen MR) is 53.9 cm³/mol. The number of nitrogens with zero attached hydrogens (tertiary/aromatic N) is 1. The van der Waals surface area contributed by atoms with Crippen LogP contribution in [-0.2, 0) is 0 Å². The van der Waals surface area contributed by atoms with E-state index in [0.29, 0.717) is 12.0 Å². The van der Waals surface area contributed by atoms with Crippen LogP contribution in [0.5, 0.6) is 0 Å². The van der Waals surface area contributed by atoms with E-state index in [1.807, 2.05) is 0 Å². The van der Waals surface area contributed by atoms with Gasteiger partial charge in [0.2, 0.25) is 0 Å². The molecule has 1 heterocycles. The van der Waals surface area contributed by atoms with Crippen LogP contribution in [0.3, 0.4) is 0 Å². The highest BCUT2D eigenvalue weighted by Gasteiger charge is 2.34. The van der Waals surface area contributed by atoms with E-state index in [9.17, 15) is 0 Å². The summed E-state index contributed by atoms with van der Waals surface area (Å²) in [5.41, 5.74) is 1.30. The van der Waals surface area contributed by atoms with Gasteiger partial charge in [-0.1, -0.05) is 27.4 Å².